The van der Waals surface area contributed by atoms with Gasteiger partial charge in [0, 0.05) is 51.2 Å². The van der Waals surface area contributed by atoms with E-state index in [1.807, 2.05) is 45.0 Å². The Morgan fingerprint density at radius 3 is 1.96 bits per heavy atom. The zero-order chi connectivity index (χ0) is 32.9. The van der Waals surface area contributed by atoms with Crippen LogP contribution < -0.4 is 30.2 Å². The van der Waals surface area contributed by atoms with Crippen LogP contribution in [0.15, 0.2) is 97.1 Å². The maximum Gasteiger partial charge on any atom is 0.250 e. The lowest BCUT2D eigenvalue weighted by Gasteiger charge is -2.22. The van der Waals surface area contributed by atoms with Crippen LogP contribution in [0, 0.1) is 5.41 Å². The summed E-state index contributed by atoms with van der Waals surface area (Å²) in [6.45, 7) is 16.1. The van der Waals surface area contributed by atoms with Gasteiger partial charge in [-0.3, -0.25) is 14.4 Å². The highest BCUT2D eigenvalue weighted by Gasteiger charge is 2.25. The van der Waals surface area contributed by atoms with Crippen LogP contribution in [-0.4, -0.2) is 24.8 Å². The second kappa shape index (κ2) is 13.4. The summed E-state index contributed by atoms with van der Waals surface area (Å²) in [5, 5.41) is 10.1. The number of hydrogen-bond donors (Lipinski definition) is 3. The first-order valence-electron chi connectivity index (χ1n) is 14.2. The molecule has 45 heavy (non-hydrogen) atoms. The van der Waals surface area contributed by atoms with E-state index in [2.05, 4.69) is 29.1 Å². The molecule has 0 aliphatic rings. The van der Waals surface area contributed by atoms with E-state index in [-0.39, 0.29) is 17.6 Å². The number of hydrogen-bond acceptors (Lipinski definition) is 6. The molecule has 9 heteroatoms. The summed E-state index contributed by atoms with van der Waals surface area (Å²) in [6, 6.07) is 21.0. The second-order valence-electron chi connectivity index (χ2n) is 11.6. The molecule has 0 saturated carbocycles. The fraction of sp³-hybridized carbons (Fsp3) is 0.194. The van der Waals surface area contributed by atoms with Gasteiger partial charge in [-0.05, 0) is 38.1 Å². The highest BCUT2D eigenvalue weighted by atomic mass is 16.5. The van der Waals surface area contributed by atoms with Crippen molar-refractivity contribution in [3.05, 3.63) is 97.1 Å². The fourth-order valence-corrected chi connectivity index (χ4v) is 4.11. The minimum Gasteiger partial charge on any atom is -0.496 e. The van der Waals surface area contributed by atoms with E-state index in [9.17, 15) is 14.4 Å². The van der Waals surface area contributed by atoms with E-state index < -0.39 is 11.3 Å². The molecule has 0 heterocycles. The van der Waals surface area contributed by atoms with Crippen LogP contribution in [0.4, 0.5) is 17.1 Å². The van der Waals surface area contributed by atoms with Crippen molar-refractivity contribution in [2.45, 2.75) is 34.6 Å². The molecule has 0 aliphatic carbocycles. The number of methoxy groups -OCH3 is 1. The second-order valence-corrected chi connectivity index (χ2v) is 11.6. The summed E-state index contributed by atoms with van der Waals surface area (Å²) < 4.78 is 18.2. The molecule has 4 aromatic rings. The third-order valence-electron chi connectivity index (χ3n) is 6.63. The van der Waals surface area contributed by atoms with Gasteiger partial charge in [0.25, 0.3) is 11.8 Å². The summed E-state index contributed by atoms with van der Waals surface area (Å²) >= 11 is 0. The Balaban J connectivity index is 1.76. The van der Waals surface area contributed by atoms with Crippen LogP contribution in [0.25, 0.3) is 10.8 Å². The number of anilines is 3. The molecule has 0 bridgehead atoms. The summed E-state index contributed by atoms with van der Waals surface area (Å²) in [7, 11) is 1.56. The van der Waals surface area contributed by atoms with E-state index >= 15 is 0 Å². The van der Waals surface area contributed by atoms with Gasteiger partial charge in [0.05, 0.1) is 18.5 Å². The molecule has 4 aromatic carbocycles. The lowest BCUT2D eigenvalue weighted by molar-refractivity contribution is -0.123. The van der Waals surface area contributed by atoms with Crippen LogP contribution >= 0.6 is 0 Å². The van der Waals surface area contributed by atoms with E-state index in [0.29, 0.717) is 51.2 Å². The van der Waals surface area contributed by atoms with Gasteiger partial charge < -0.3 is 30.2 Å². The number of rotatable bonds is 10. The molecule has 0 fully saturated rings. The Bertz CT molecular complexity index is 1820. The average molecular weight is 608 g/mol. The molecule has 3 N–H and O–H groups in total. The van der Waals surface area contributed by atoms with Crippen molar-refractivity contribution >= 4 is 45.6 Å². The Labute approximate surface area is 262 Å². The smallest absolute Gasteiger partial charge is 0.250 e. The number of benzene rings is 4. The van der Waals surface area contributed by atoms with Crippen molar-refractivity contribution < 1.29 is 28.6 Å². The Hall–Kier alpha value is -5.57. The molecule has 0 saturated heterocycles. The molecule has 0 spiro atoms. The molecule has 0 aromatic heterocycles. The maximum atomic E-state index is 13.2. The van der Waals surface area contributed by atoms with E-state index in [0.717, 1.165) is 10.8 Å². The summed E-state index contributed by atoms with van der Waals surface area (Å²) in [4.78, 5) is 38.0. The predicted octanol–water partition coefficient (Wildman–Crippen LogP) is 8.45. The van der Waals surface area contributed by atoms with Gasteiger partial charge in [0.2, 0.25) is 5.91 Å². The zero-order valence-electron chi connectivity index (χ0n) is 26.3. The number of ether oxygens (including phenoxy) is 3. The molecule has 0 atom stereocenters. The minimum absolute atomic E-state index is 0.205. The number of fused-ring (bicyclic) bond motifs is 1. The number of carbonyl (C=O) groups excluding carboxylic acids is 3. The van der Waals surface area contributed by atoms with Crippen LogP contribution in [-0.2, 0) is 14.4 Å². The van der Waals surface area contributed by atoms with Gasteiger partial charge in [-0.1, -0.05) is 64.3 Å². The van der Waals surface area contributed by atoms with E-state index in [1.54, 1.807) is 69.5 Å². The van der Waals surface area contributed by atoms with Crippen molar-refractivity contribution in [3.8, 4) is 28.7 Å². The molecule has 0 unspecified atom stereocenters. The van der Waals surface area contributed by atoms with Gasteiger partial charge in [-0.25, -0.2) is 0 Å². The quantitative estimate of drug-likeness (QED) is 0.156. The van der Waals surface area contributed by atoms with Crippen LogP contribution in [0.2, 0.25) is 0 Å². The van der Waals surface area contributed by atoms with Crippen molar-refractivity contribution in [2.75, 3.05) is 23.1 Å². The molecule has 3 amide bonds. The molecular weight excluding hydrogens is 570 g/mol. The van der Waals surface area contributed by atoms with Crippen LogP contribution in [0.5, 0.6) is 28.7 Å². The summed E-state index contributed by atoms with van der Waals surface area (Å²) in [5.74, 6) is 1.04. The number of carbonyl (C=O) groups is 3. The van der Waals surface area contributed by atoms with Crippen LogP contribution in [0.1, 0.15) is 34.6 Å². The zero-order valence-corrected chi connectivity index (χ0v) is 26.3. The lowest BCUT2D eigenvalue weighted by atomic mass is 9.95. The maximum absolute atomic E-state index is 13.2. The molecule has 9 nitrogen and oxygen atoms in total. The standard InChI is InChI=1S/C36H37N3O6/c1-21(2)33(40)37-23-12-11-13-24(18-23)44-25-16-17-29(28(19-25)38-34(41)22(3)4)45-31-20-30(43-8)26-14-9-10-15-27(26)32(31)39-35(42)36(5,6)7/h9-20H,1,3H2,2,4-8H3,(H,37,40)(H,38,41)(H,39,42). The van der Waals surface area contributed by atoms with Crippen molar-refractivity contribution in [2.24, 2.45) is 5.41 Å². The topological polar surface area (TPSA) is 115 Å². The molecular formula is C36H37N3O6. The first-order valence-corrected chi connectivity index (χ1v) is 14.2. The first-order chi connectivity index (χ1) is 21.3. The van der Waals surface area contributed by atoms with Gasteiger partial charge in [0.1, 0.15) is 17.2 Å². The Morgan fingerprint density at radius 2 is 1.31 bits per heavy atom. The van der Waals surface area contributed by atoms with Gasteiger partial charge in [-0.2, -0.15) is 0 Å². The Kier molecular flexibility index (Phi) is 9.62. The number of nitrogens with one attached hydrogen (secondary N) is 3. The monoisotopic (exact) mass is 607 g/mol. The molecule has 4 rings (SSSR count). The SMILES string of the molecule is C=C(C)C(=O)Nc1cccc(Oc2ccc(Oc3cc(OC)c4ccccc4c3NC(=O)C(C)(C)C)c(NC(=O)C(=C)C)c2)c1. The molecule has 0 radical (unpaired) electrons. The van der Waals surface area contributed by atoms with Gasteiger partial charge >= 0.3 is 0 Å². The minimum atomic E-state index is -0.678. The largest absolute Gasteiger partial charge is 0.496 e. The highest BCUT2D eigenvalue weighted by molar-refractivity contribution is 6.08. The fourth-order valence-electron chi connectivity index (χ4n) is 4.11. The normalized spacial score (nSPS) is 10.9. The predicted molar refractivity (Wildman–Crippen MR) is 179 cm³/mol. The third-order valence-corrected chi connectivity index (χ3v) is 6.63. The average Bonchev–Trinajstić information content (AvgIpc) is 2.98. The highest BCUT2D eigenvalue weighted by Crippen LogP contribution is 2.44. The number of amides is 3. The van der Waals surface area contributed by atoms with Crippen molar-refractivity contribution in [1.82, 2.24) is 0 Å². The molecule has 0 aliphatic heterocycles. The van der Waals surface area contributed by atoms with Gasteiger partial charge in [-0.15, -0.1) is 0 Å². The summed E-state index contributed by atoms with van der Waals surface area (Å²) in [6.07, 6.45) is 0. The van der Waals surface area contributed by atoms with Gasteiger partial charge in [0.15, 0.2) is 11.5 Å². The lowest BCUT2D eigenvalue weighted by Crippen LogP contribution is -2.27. The Morgan fingerprint density at radius 1 is 0.667 bits per heavy atom. The van der Waals surface area contributed by atoms with E-state index in [4.69, 9.17) is 14.2 Å². The molecule has 232 valence electrons. The van der Waals surface area contributed by atoms with Crippen LogP contribution in [0.3, 0.4) is 0 Å². The van der Waals surface area contributed by atoms with Crippen molar-refractivity contribution in [3.63, 3.8) is 0 Å². The third kappa shape index (κ3) is 7.88. The summed E-state index contributed by atoms with van der Waals surface area (Å²) in [5.41, 5.74) is 1.28. The van der Waals surface area contributed by atoms with E-state index in [1.165, 1.54) is 0 Å². The van der Waals surface area contributed by atoms with Crippen molar-refractivity contribution in [1.29, 1.82) is 0 Å². The first kappa shape index (κ1) is 32.3.